The van der Waals surface area contributed by atoms with E-state index in [1.165, 1.54) is 0 Å². The first-order valence-corrected chi connectivity index (χ1v) is 6.32. The predicted octanol–water partition coefficient (Wildman–Crippen LogP) is 2.92. The number of aliphatic hydroxyl groups excluding tert-OH is 1. The van der Waals surface area contributed by atoms with Crippen molar-refractivity contribution in [3.63, 3.8) is 0 Å². The molecule has 0 amide bonds. The van der Waals surface area contributed by atoms with E-state index in [-0.39, 0.29) is 30.6 Å². The Labute approximate surface area is 127 Å². The Balaban J connectivity index is 2.33. The molecule has 0 saturated carbocycles. The van der Waals surface area contributed by atoms with Gasteiger partial charge in [0.05, 0.1) is 6.61 Å². The molecule has 0 radical (unpaired) electrons. The molecule has 2 aromatic rings. The Morgan fingerprint density at radius 2 is 1.78 bits per heavy atom. The molecule has 10 heteroatoms. The van der Waals surface area contributed by atoms with Crippen LogP contribution in [0.1, 0.15) is 5.69 Å². The predicted molar refractivity (Wildman–Crippen MR) is 72.3 cm³/mol. The third kappa shape index (κ3) is 4.49. The van der Waals surface area contributed by atoms with Crippen molar-refractivity contribution in [2.24, 2.45) is 0 Å². The van der Waals surface area contributed by atoms with Crippen molar-refractivity contribution >= 4 is 17.5 Å². The van der Waals surface area contributed by atoms with E-state index in [0.29, 0.717) is 6.07 Å². The van der Waals surface area contributed by atoms with Crippen LogP contribution < -0.4 is 10.6 Å². The van der Waals surface area contributed by atoms with Gasteiger partial charge in [-0.15, -0.1) is 0 Å². The summed E-state index contributed by atoms with van der Waals surface area (Å²) >= 11 is 0. The van der Waals surface area contributed by atoms with E-state index >= 15 is 0 Å². The summed E-state index contributed by atoms with van der Waals surface area (Å²) in [4.78, 5) is 7.05. The number of nitrogens with one attached hydrogen (secondary N) is 2. The third-order valence-corrected chi connectivity index (χ3v) is 2.60. The van der Waals surface area contributed by atoms with Gasteiger partial charge in [0.2, 0.25) is 5.95 Å². The fourth-order valence-corrected chi connectivity index (χ4v) is 1.63. The van der Waals surface area contributed by atoms with Crippen molar-refractivity contribution in [1.29, 1.82) is 0 Å². The second kappa shape index (κ2) is 6.73. The van der Waals surface area contributed by atoms with Crippen LogP contribution >= 0.6 is 0 Å². The lowest BCUT2D eigenvalue weighted by atomic mass is 10.3. The summed E-state index contributed by atoms with van der Waals surface area (Å²) in [7, 11) is 0. The van der Waals surface area contributed by atoms with Gasteiger partial charge in [0, 0.05) is 24.4 Å². The molecule has 0 aliphatic rings. The maximum Gasteiger partial charge on any atom is 0.433 e. The van der Waals surface area contributed by atoms with Gasteiger partial charge in [-0.2, -0.15) is 18.2 Å². The fourth-order valence-electron chi connectivity index (χ4n) is 1.63. The zero-order valence-corrected chi connectivity index (χ0v) is 11.5. The molecular formula is C13H11F5N4O. The molecule has 0 saturated heterocycles. The number of benzene rings is 1. The van der Waals surface area contributed by atoms with E-state index < -0.39 is 23.5 Å². The smallest absolute Gasteiger partial charge is 0.395 e. The van der Waals surface area contributed by atoms with Crippen LogP contribution in [0.4, 0.5) is 39.4 Å². The van der Waals surface area contributed by atoms with Crippen LogP contribution in [0.2, 0.25) is 0 Å². The number of hydrogen-bond donors (Lipinski definition) is 3. The Kier molecular flexibility index (Phi) is 4.94. The summed E-state index contributed by atoms with van der Waals surface area (Å²) in [5.41, 5.74) is -1.21. The molecule has 23 heavy (non-hydrogen) atoms. The van der Waals surface area contributed by atoms with Gasteiger partial charge in [-0.25, -0.2) is 13.8 Å². The normalized spacial score (nSPS) is 11.4. The van der Waals surface area contributed by atoms with Gasteiger partial charge < -0.3 is 15.7 Å². The second-order valence-corrected chi connectivity index (χ2v) is 4.36. The summed E-state index contributed by atoms with van der Waals surface area (Å²) in [6.07, 6.45) is -4.72. The lowest BCUT2D eigenvalue weighted by Gasteiger charge is -2.12. The van der Waals surface area contributed by atoms with Gasteiger partial charge >= 0.3 is 6.18 Å². The third-order valence-electron chi connectivity index (χ3n) is 2.60. The molecule has 1 aromatic heterocycles. The van der Waals surface area contributed by atoms with E-state index in [2.05, 4.69) is 20.6 Å². The van der Waals surface area contributed by atoms with Crippen molar-refractivity contribution < 1.29 is 27.1 Å². The maximum atomic E-state index is 13.1. The van der Waals surface area contributed by atoms with Gasteiger partial charge in [-0.1, -0.05) is 0 Å². The topological polar surface area (TPSA) is 70.1 Å². The number of alkyl halides is 3. The van der Waals surface area contributed by atoms with E-state index in [9.17, 15) is 22.0 Å². The largest absolute Gasteiger partial charge is 0.433 e. The Morgan fingerprint density at radius 1 is 1.04 bits per heavy atom. The highest BCUT2D eigenvalue weighted by Crippen LogP contribution is 2.30. The van der Waals surface area contributed by atoms with Crippen LogP contribution in [-0.4, -0.2) is 28.2 Å². The minimum atomic E-state index is -4.72. The second-order valence-electron chi connectivity index (χ2n) is 4.36. The average Bonchev–Trinajstić information content (AvgIpc) is 2.48. The number of aliphatic hydroxyl groups is 1. The molecule has 0 aliphatic carbocycles. The van der Waals surface area contributed by atoms with Crippen molar-refractivity contribution in [2.75, 3.05) is 23.8 Å². The van der Waals surface area contributed by atoms with Crippen molar-refractivity contribution in [3.8, 4) is 0 Å². The van der Waals surface area contributed by atoms with E-state index in [1.54, 1.807) is 0 Å². The molecule has 124 valence electrons. The fraction of sp³-hybridized carbons (Fsp3) is 0.231. The molecule has 0 unspecified atom stereocenters. The lowest BCUT2D eigenvalue weighted by Crippen LogP contribution is -2.15. The SMILES string of the molecule is OCCNc1nc(Nc2ccc(F)c(F)c2)cc(C(F)(F)F)n1. The van der Waals surface area contributed by atoms with Gasteiger partial charge in [-0.05, 0) is 12.1 Å². The molecule has 0 fully saturated rings. The van der Waals surface area contributed by atoms with Crippen LogP contribution in [0.25, 0.3) is 0 Å². The number of rotatable bonds is 5. The molecule has 0 aliphatic heterocycles. The molecule has 0 spiro atoms. The number of halogens is 5. The molecule has 1 aromatic carbocycles. The van der Waals surface area contributed by atoms with Crippen LogP contribution in [0, 0.1) is 11.6 Å². The summed E-state index contributed by atoms with van der Waals surface area (Å²) in [6, 6.07) is 3.39. The average molecular weight is 334 g/mol. The number of anilines is 3. The first kappa shape index (κ1) is 16.9. The zero-order valence-electron chi connectivity index (χ0n) is 11.5. The summed E-state index contributed by atoms with van der Waals surface area (Å²) < 4.78 is 64.4. The molecule has 5 nitrogen and oxygen atoms in total. The van der Waals surface area contributed by atoms with E-state index in [0.717, 1.165) is 18.2 Å². The van der Waals surface area contributed by atoms with Gasteiger partial charge in [0.1, 0.15) is 5.82 Å². The lowest BCUT2D eigenvalue weighted by molar-refractivity contribution is -0.141. The Bertz CT molecular complexity index is 693. The molecule has 3 N–H and O–H groups in total. The van der Waals surface area contributed by atoms with Gasteiger partial charge in [0.15, 0.2) is 17.3 Å². The minimum absolute atomic E-state index is 0.0174. The molecule has 2 rings (SSSR count). The number of nitrogens with zero attached hydrogens (tertiary/aromatic N) is 2. The quantitative estimate of drug-likeness (QED) is 0.734. The highest BCUT2D eigenvalue weighted by atomic mass is 19.4. The molecule has 1 heterocycles. The Morgan fingerprint density at radius 3 is 2.39 bits per heavy atom. The highest BCUT2D eigenvalue weighted by molar-refractivity contribution is 5.57. The Hall–Kier alpha value is -2.49. The van der Waals surface area contributed by atoms with Crippen molar-refractivity contribution in [3.05, 3.63) is 41.6 Å². The van der Waals surface area contributed by atoms with Crippen molar-refractivity contribution in [2.45, 2.75) is 6.18 Å². The summed E-state index contributed by atoms with van der Waals surface area (Å²) in [5.74, 6) is -2.86. The van der Waals surface area contributed by atoms with E-state index in [1.807, 2.05) is 0 Å². The van der Waals surface area contributed by atoms with Crippen LogP contribution in [-0.2, 0) is 6.18 Å². The number of aromatic nitrogens is 2. The first-order chi connectivity index (χ1) is 10.8. The maximum absolute atomic E-state index is 13.1. The van der Waals surface area contributed by atoms with E-state index in [4.69, 9.17) is 5.11 Å². The van der Waals surface area contributed by atoms with Crippen LogP contribution in [0.15, 0.2) is 24.3 Å². The monoisotopic (exact) mass is 334 g/mol. The zero-order chi connectivity index (χ0) is 17.0. The van der Waals surface area contributed by atoms with Gasteiger partial charge in [0.25, 0.3) is 0 Å². The first-order valence-electron chi connectivity index (χ1n) is 6.32. The summed E-state index contributed by atoms with van der Waals surface area (Å²) in [6.45, 7) is -0.378. The minimum Gasteiger partial charge on any atom is -0.395 e. The van der Waals surface area contributed by atoms with Crippen LogP contribution in [0.5, 0.6) is 0 Å². The highest BCUT2D eigenvalue weighted by Gasteiger charge is 2.33. The summed E-state index contributed by atoms with van der Waals surface area (Å²) in [5, 5.41) is 13.5. The van der Waals surface area contributed by atoms with Crippen LogP contribution in [0.3, 0.4) is 0 Å². The molecular weight excluding hydrogens is 323 g/mol. The molecule has 0 atom stereocenters. The molecule has 0 bridgehead atoms. The standard InChI is InChI=1S/C13H11F5N4O/c14-8-2-1-7(5-9(8)15)20-11-6-10(13(16,17)18)21-12(22-11)19-3-4-23/h1-2,5-6,23H,3-4H2,(H2,19,20,21,22). The van der Waals surface area contributed by atoms with Crippen molar-refractivity contribution in [1.82, 2.24) is 9.97 Å². The van der Waals surface area contributed by atoms with Gasteiger partial charge in [-0.3, -0.25) is 0 Å². The number of hydrogen-bond acceptors (Lipinski definition) is 5.